The van der Waals surface area contributed by atoms with Crippen molar-refractivity contribution in [2.24, 2.45) is 11.7 Å². The van der Waals surface area contributed by atoms with Crippen molar-refractivity contribution in [1.29, 1.82) is 0 Å². The zero-order chi connectivity index (χ0) is 8.53. The van der Waals surface area contributed by atoms with Crippen LogP contribution in [-0.4, -0.2) is 12.4 Å². The summed E-state index contributed by atoms with van der Waals surface area (Å²) < 4.78 is 0. The normalized spacial score (nSPS) is 15.5. The molecule has 0 radical (unpaired) electrons. The number of unbranched alkanes of at least 4 members (excludes halogenated alkanes) is 2. The van der Waals surface area contributed by atoms with E-state index in [0.717, 1.165) is 18.3 Å². The van der Waals surface area contributed by atoms with Crippen LogP contribution >= 0.6 is 11.6 Å². The van der Waals surface area contributed by atoms with Gasteiger partial charge in [-0.15, -0.1) is 11.6 Å². The molecule has 0 unspecified atom stereocenters. The van der Waals surface area contributed by atoms with E-state index in [1.807, 2.05) is 0 Å². The van der Waals surface area contributed by atoms with E-state index in [1.165, 1.54) is 32.1 Å². The first-order valence-electron chi connectivity index (χ1n) is 4.61. The average Bonchev–Trinajstić information content (AvgIpc) is 2.84. The molecule has 1 fully saturated rings. The first-order chi connectivity index (χ1) is 5.35. The standard InChI is InChI=1S/C5H11Cl.C4H9N/c1-2-3-4-5-6;5-3-4-1-2-4/h2-5H2,1H3;4H,1-3,5H2. The van der Waals surface area contributed by atoms with E-state index in [4.69, 9.17) is 17.3 Å². The van der Waals surface area contributed by atoms with E-state index in [1.54, 1.807) is 0 Å². The predicted molar refractivity (Wildman–Crippen MR) is 52.0 cm³/mol. The van der Waals surface area contributed by atoms with Gasteiger partial charge in [-0.3, -0.25) is 0 Å². The number of nitrogens with two attached hydrogens (primary N) is 1. The fraction of sp³-hybridized carbons (Fsp3) is 1.00. The van der Waals surface area contributed by atoms with Crippen LogP contribution in [0.5, 0.6) is 0 Å². The van der Waals surface area contributed by atoms with Gasteiger partial charge in [-0.1, -0.05) is 19.8 Å². The van der Waals surface area contributed by atoms with Crippen LogP contribution < -0.4 is 5.73 Å². The van der Waals surface area contributed by atoms with Crippen molar-refractivity contribution in [2.75, 3.05) is 12.4 Å². The van der Waals surface area contributed by atoms with Crippen LogP contribution in [0.25, 0.3) is 0 Å². The quantitative estimate of drug-likeness (QED) is 0.519. The summed E-state index contributed by atoms with van der Waals surface area (Å²) in [5.74, 6) is 1.74. The molecule has 68 valence electrons. The number of hydrogen-bond acceptors (Lipinski definition) is 1. The Balaban J connectivity index is 0.000000183. The van der Waals surface area contributed by atoms with Gasteiger partial charge >= 0.3 is 0 Å². The van der Waals surface area contributed by atoms with Crippen LogP contribution in [0.2, 0.25) is 0 Å². The highest BCUT2D eigenvalue weighted by molar-refractivity contribution is 6.17. The summed E-state index contributed by atoms with van der Waals surface area (Å²) in [6.07, 6.45) is 6.50. The molecule has 0 aromatic carbocycles. The summed E-state index contributed by atoms with van der Waals surface area (Å²) in [6.45, 7) is 3.09. The Bertz CT molecular complexity index is 68.0. The maximum absolute atomic E-state index is 5.38. The maximum Gasteiger partial charge on any atom is 0.0223 e. The van der Waals surface area contributed by atoms with Gasteiger partial charge in [0.05, 0.1) is 0 Å². The Morgan fingerprint density at radius 2 is 2.00 bits per heavy atom. The van der Waals surface area contributed by atoms with Crippen molar-refractivity contribution < 1.29 is 0 Å². The van der Waals surface area contributed by atoms with Crippen molar-refractivity contribution >= 4 is 11.6 Å². The van der Waals surface area contributed by atoms with E-state index in [9.17, 15) is 0 Å². The Hall–Kier alpha value is 0.250. The van der Waals surface area contributed by atoms with Crippen LogP contribution in [0.15, 0.2) is 0 Å². The van der Waals surface area contributed by atoms with Gasteiger partial charge in [0.1, 0.15) is 0 Å². The van der Waals surface area contributed by atoms with Gasteiger partial charge in [0.15, 0.2) is 0 Å². The second-order valence-electron chi connectivity index (χ2n) is 3.08. The molecule has 2 heteroatoms. The molecule has 0 amide bonds. The number of halogens is 1. The van der Waals surface area contributed by atoms with Crippen LogP contribution in [0.4, 0.5) is 0 Å². The summed E-state index contributed by atoms with van der Waals surface area (Å²) in [5, 5.41) is 0. The summed E-state index contributed by atoms with van der Waals surface area (Å²) in [4.78, 5) is 0. The molecule has 2 N–H and O–H groups in total. The summed E-state index contributed by atoms with van der Waals surface area (Å²) in [7, 11) is 0. The van der Waals surface area contributed by atoms with Gasteiger partial charge in [0.2, 0.25) is 0 Å². The zero-order valence-electron chi connectivity index (χ0n) is 7.48. The molecular formula is C9H20ClN. The van der Waals surface area contributed by atoms with Crippen molar-refractivity contribution in [3.8, 4) is 0 Å². The lowest BCUT2D eigenvalue weighted by molar-refractivity contribution is 0.776. The SMILES string of the molecule is CCCCCCl.NCC1CC1. The average molecular weight is 178 g/mol. The summed E-state index contributed by atoms with van der Waals surface area (Å²) in [6, 6.07) is 0. The van der Waals surface area contributed by atoms with Crippen LogP contribution in [-0.2, 0) is 0 Å². The van der Waals surface area contributed by atoms with Crippen molar-refractivity contribution in [2.45, 2.75) is 39.0 Å². The third kappa shape index (κ3) is 10.2. The van der Waals surface area contributed by atoms with Gasteiger partial charge in [0.25, 0.3) is 0 Å². The van der Waals surface area contributed by atoms with E-state index in [0.29, 0.717) is 0 Å². The molecule has 1 aliphatic rings. The highest BCUT2D eigenvalue weighted by atomic mass is 35.5. The molecule has 0 aliphatic heterocycles. The molecule has 0 heterocycles. The van der Waals surface area contributed by atoms with Crippen molar-refractivity contribution in [3.63, 3.8) is 0 Å². The smallest absolute Gasteiger partial charge is 0.0223 e. The minimum absolute atomic E-state index is 0.827. The van der Waals surface area contributed by atoms with Gasteiger partial charge in [-0.25, -0.2) is 0 Å². The lowest BCUT2D eigenvalue weighted by Gasteiger charge is -1.84. The van der Waals surface area contributed by atoms with Gasteiger partial charge in [-0.2, -0.15) is 0 Å². The van der Waals surface area contributed by atoms with Gasteiger partial charge < -0.3 is 5.73 Å². The van der Waals surface area contributed by atoms with Crippen LogP contribution in [0, 0.1) is 5.92 Å². The van der Waals surface area contributed by atoms with Gasteiger partial charge in [0, 0.05) is 5.88 Å². The number of rotatable bonds is 4. The molecule has 0 aromatic rings. The molecular weight excluding hydrogens is 158 g/mol. The van der Waals surface area contributed by atoms with Gasteiger partial charge in [-0.05, 0) is 31.7 Å². The topological polar surface area (TPSA) is 26.0 Å². The van der Waals surface area contributed by atoms with Crippen LogP contribution in [0.3, 0.4) is 0 Å². The Morgan fingerprint density at radius 1 is 1.36 bits per heavy atom. The maximum atomic E-state index is 5.38. The van der Waals surface area contributed by atoms with E-state index < -0.39 is 0 Å². The lowest BCUT2D eigenvalue weighted by atomic mass is 10.3. The van der Waals surface area contributed by atoms with Crippen molar-refractivity contribution in [1.82, 2.24) is 0 Å². The number of hydrogen-bond donors (Lipinski definition) is 1. The highest BCUT2D eigenvalue weighted by Gasteiger charge is 2.17. The third-order valence-electron chi connectivity index (χ3n) is 1.77. The van der Waals surface area contributed by atoms with Crippen molar-refractivity contribution in [3.05, 3.63) is 0 Å². The first kappa shape index (κ1) is 11.2. The molecule has 1 aliphatic carbocycles. The Morgan fingerprint density at radius 3 is 2.09 bits per heavy atom. The van der Waals surface area contributed by atoms with E-state index >= 15 is 0 Å². The molecule has 1 saturated carbocycles. The fourth-order valence-electron chi connectivity index (χ4n) is 0.698. The third-order valence-corrected chi connectivity index (χ3v) is 2.03. The largest absolute Gasteiger partial charge is 0.330 e. The lowest BCUT2D eigenvalue weighted by Crippen LogP contribution is -1.98. The van der Waals surface area contributed by atoms with E-state index in [-0.39, 0.29) is 0 Å². The molecule has 1 rings (SSSR count). The summed E-state index contributed by atoms with van der Waals surface area (Å²) in [5.41, 5.74) is 5.23. The second-order valence-corrected chi connectivity index (χ2v) is 3.45. The minimum atomic E-state index is 0.827. The molecule has 11 heavy (non-hydrogen) atoms. The zero-order valence-corrected chi connectivity index (χ0v) is 8.24. The molecule has 0 spiro atoms. The Labute approximate surface area is 75.3 Å². The predicted octanol–water partition coefficient (Wildman–Crippen LogP) is 2.77. The van der Waals surface area contributed by atoms with Crippen LogP contribution in [0.1, 0.15) is 39.0 Å². The molecule has 0 atom stereocenters. The molecule has 0 bridgehead atoms. The minimum Gasteiger partial charge on any atom is -0.330 e. The summed E-state index contributed by atoms with van der Waals surface area (Å²) >= 11 is 5.38. The highest BCUT2D eigenvalue weighted by Crippen LogP contribution is 2.26. The fourth-order valence-corrected chi connectivity index (χ4v) is 0.887. The molecule has 0 saturated heterocycles. The second kappa shape index (κ2) is 8.35. The Kier molecular flexibility index (Phi) is 8.54. The molecule has 0 aromatic heterocycles. The monoisotopic (exact) mass is 177 g/mol. The number of alkyl halides is 1. The first-order valence-corrected chi connectivity index (χ1v) is 5.14. The molecule has 1 nitrogen and oxygen atoms in total. The van der Waals surface area contributed by atoms with E-state index in [2.05, 4.69) is 6.92 Å².